The molecule has 0 atom stereocenters. The van der Waals surface area contributed by atoms with Gasteiger partial charge in [0.1, 0.15) is 16.9 Å². The number of ether oxygens (including phenoxy) is 1. The zero-order chi connectivity index (χ0) is 25.1. The Morgan fingerprint density at radius 1 is 1.19 bits per heavy atom. The number of hydrogen-bond acceptors (Lipinski definition) is 4. The molecule has 5 rings (SSSR count). The summed E-state index contributed by atoms with van der Waals surface area (Å²) >= 11 is 0. The average Bonchev–Trinajstić information content (AvgIpc) is 3.28. The highest BCUT2D eigenvalue weighted by Gasteiger charge is 2.37. The third-order valence-electron chi connectivity index (χ3n) is 8.08. The van der Waals surface area contributed by atoms with Gasteiger partial charge in [-0.15, -0.1) is 0 Å². The number of hydrogen-bond donors (Lipinski definition) is 2. The molecule has 0 bridgehead atoms. The van der Waals surface area contributed by atoms with Crippen molar-refractivity contribution in [2.24, 2.45) is 12.5 Å². The first-order valence-electron chi connectivity index (χ1n) is 13.1. The van der Waals surface area contributed by atoms with E-state index in [0.717, 1.165) is 52.6 Å². The van der Waals surface area contributed by atoms with Crippen LogP contribution in [-0.4, -0.2) is 22.6 Å². The molecule has 1 spiro atoms. The lowest BCUT2D eigenvalue weighted by Crippen LogP contribution is -2.39. The Bertz CT molecular complexity index is 1290. The molecule has 1 aliphatic carbocycles. The Kier molecular flexibility index (Phi) is 6.97. The second-order valence-electron chi connectivity index (χ2n) is 10.3. The van der Waals surface area contributed by atoms with Gasteiger partial charge < -0.3 is 20.4 Å². The fourth-order valence-electron chi connectivity index (χ4n) is 5.97. The second kappa shape index (κ2) is 10.3. The van der Waals surface area contributed by atoms with Crippen molar-refractivity contribution in [1.29, 1.82) is 0 Å². The summed E-state index contributed by atoms with van der Waals surface area (Å²) in [6, 6.07) is 8.68. The van der Waals surface area contributed by atoms with Crippen molar-refractivity contribution in [3.05, 3.63) is 73.4 Å². The van der Waals surface area contributed by atoms with Crippen LogP contribution in [0.15, 0.2) is 73.4 Å². The molecule has 2 aliphatic rings. The summed E-state index contributed by atoms with van der Waals surface area (Å²) in [6.07, 6.45) is 19.2. The maximum atomic E-state index is 6.63. The first-order valence-corrected chi connectivity index (χ1v) is 13.1. The molecule has 36 heavy (non-hydrogen) atoms. The highest BCUT2D eigenvalue weighted by Crippen LogP contribution is 2.47. The number of anilines is 1. The monoisotopic (exact) mass is 484 g/mol. The normalized spacial score (nSPS) is 18.8. The van der Waals surface area contributed by atoms with Crippen molar-refractivity contribution in [2.75, 3.05) is 18.8 Å². The predicted octanol–water partition coefficient (Wildman–Crippen LogP) is 5.62. The number of benzene rings is 1. The summed E-state index contributed by atoms with van der Waals surface area (Å²) in [5.74, 6) is 2.27. The SMILES string of the molecule is C=C/C=C(\C=C/C)Oc1ccc(-c2cn(C3CCC4(CCNCC4)CC3)c3nc[n+](C)c(N)c23)cc1. The molecule has 1 saturated carbocycles. The number of fused-ring (bicyclic) bond motifs is 1. The maximum Gasteiger partial charge on any atom is 0.232 e. The van der Waals surface area contributed by atoms with Gasteiger partial charge in [0.2, 0.25) is 17.8 Å². The van der Waals surface area contributed by atoms with Gasteiger partial charge >= 0.3 is 0 Å². The van der Waals surface area contributed by atoms with Gasteiger partial charge in [0, 0.05) is 17.8 Å². The van der Waals surface area contributed by atoms with Gasteiger partial charge in [-0.25, -0.2) is 4.57 Å². The van der Waals surface area contributed by atoms with Gasteiger partial charge in [0.05, 0.1) is 7.05 Å². The fraction of sp³-hybridized carbons (Fsp3) is 0.400. The van der Waals surface area contributed by atoms with E-state index in [0.29, 0.717) is 11.5 Å². The number of nitrogens with two attached hydrogens (primary N) is 1. The van der Waals surface area contributed by atoms with Gasteiger partial charge in [0.15, 0.2) is 0 Å². The number of nitrogen functional groups attached to an aromatic ring is 1. The summed E-state index contributed by atoms with van der Waals surface area (Å²) in [5, 5.41) is 4.56. The molecule has 1 aromatic carbocycles. The van der Waals surface area contributed by atoms with Gasteiger partial charge in [-0.2, -0.15) is 0 Å². The molecular weight excluding hydrogens is 446 g/mol. The lowest BCUT2D eigenvalue weighted by atomic mass is 9.67. The summed E-state index contributed by atoms with van der Waals surface area (Å²) in [5.41, 5.74) is 10.4. The molecule has 0 unspecified atom stereocenters. The third kappa shape index (κ3) is 4.70. The Balaban J connectivity index is 1.46. The lowest BCUT2D eigenvalue weighted by molar-refractivity contribution is -0.658. The van der Waals surface area contributed by atoms with E-state index in [2.05, 4.69) is 34.8 Å². The first kappa shape index (κ1) is 24.3. The third-order valence-corrected chi connectivity index (χ3v) is 8.08. The fourth-order valence-corrected chi connectivity index (χ4v) is 5.97. The highest BCUT2D eigenvalue weighted by atomic mass is 16.5. The molecule has 6 nitrogen and oxygen atoms in total. The van der Waals surface area contributed by atoms with Gasteiger partial charge in [0.25, 0.3) is 0 Å². The summed E-state index contributed by atoms with van der Waals surface area (Å²) in [6.45, 7) is 8.06. The van der Waals surface area contributed by atoms with E-state index >= 15 is 0 Å². The summed E-state index contributed by atoms with van der Waals surface area (Å²) in [7, 11) is 1.95. The van der Waals surface area contributed by atoms with Crippen molar-refractivity contribution in [3.63, 3.8) is 0 Å². The minimum atomic E-state index is 0.455. The van der Waals surface area contributed by atoms with Crippen LogP contribution in [0.25, 0.3) is 22.2 Å². The predicted molar refractivity (Wildman–Crippen MR) is 147 cm³/mol. The summed E-state index contributed by atoms with van der Waals surface area (Å²) in [4.78, 5) is 4.85. The van der Waals surface area contributed by atoms with E-state index in [1.165, 1.54) is 38.5 Å². The van der Waals surface area contributed by atoms with Crippen LogP contribution >= 0.6 is 0 Å². The molecule has 1 saturated heterocycles. The lowest BCUT2D eigenvalue weighted by Gasteiger charge is -2.43. The number of allylic oxidation sites excluding steroid dienone is 4. The van der Waals surface area contributed by atoms with E-state index in [1.807, 2.05) is 55.2 Å². The average molecular weight is 485 g/mol. The molecule has 3 aromatic rings. The number of piperidine rings is 1. The molecule has 0 amide bonds. The number of nitrogens with zero attached hydrogens (tertiary/aromatic N) is 3. The van der Waals surface area contributed by atoms with Crippen molar-refractivity contribution < 1.29 is 9.30 Å². The van der Waals surface area contributed by atoms with E-state index in [9.17, 15) is 0 Å². The Labute approximate surface area is 214 Å². The Morgan fingerprint density at radius 2 is 1.92 bits per heavy atom. The van der Waals surface area contributed by atoms with Crippen LogP contribution in [0, 0.1) is 5.41 Å². The van der Waals surface area contributed by atoms with Crippen molar-refractivity contribution in [1.82, 2.24) is 14.9 Å². The van der Waals surface area contributed by atoms with Crippen LogP contribution in [0.4, 0.5) is 5.82 Å². The minimum absolute atomic E-state index is 0.455. The minimum Gasteiger partial charge on any atom is -0.457 e. The quantitative estimate of drug-likeness (QED) is 0.271. The molecule has 3 N–H and O–H groups in total. The standard InChI is InChI=1S/C30H37N5O/c1-4-6-24(7-5-2)36-25-10-8-22(9-11-25)26-20-35(29-27(26)28(31)34(3)21-33-29)23-12-14-30(15-13-23)16-18-32-19-17-30/h4-11,20-21,23,31-32H,1,12-19H2,2-3H3/p+1/b7-5-,24-6+. The van der Waals surface area contributed by atoms with Crippen LogP contribution in [0.1, 0.15) is 51.5 Å². The van der Waals surface area contributed by atoms with Crippen molar-refractivity contribution in [3.8, 4) is 16.9 Å². The maximum absolute atomic E-state index is 6.63. The zero-order valence-corrected chi connectivity index (χ0v) is 21.5. The smallest absolute Gasteiger partial charge is 0.232 e. The van der Waals surface area contributed by atoms with Crippen LogP contribution in [-0.2, 0) is 7.05 Å². The highest BCUT2D eigenvalue weighted by molar-refractivity contribution is 5.99. The van der Waals surface area contributed by atoms with E-state index in [1.54, 1.807) is 6.08 Å². The Hall–Kier alpha value is -3.38. The Morgan fingerprint density at radius 3 is 2.58 bits per heavy atom. The van der Waals surface area contributed by atoms with E-state index < -0.39 is 0 Å². The van der Waals surface area contributed by atoms with Gasteiger partial charge in [-0.05, 0) is 93.8 Å². The molecule has 2 fully saturated rings. The largest absolute Gasteiger partial charge is 0.457 e. The molecule has 2 aromatic heterocycles. The topological polar surface area (TPSA) is 69.0 Å². The van der Waals surface area contributed by atoms with Crippen LogP contribution in [0.3, 0.4) is 0 Å². The van der Waals surface area contributed by atoms with E-state index in [-0.39, 0.29) is 0 Å². The first-order chi connectivity index (χ1) is 17.5. The number of aryl methyl sites for hydroxylation is 1. The van der Waals surface area contributed by atoms with Crippen LogP contribution < -0.4 is 20.4 Å². The number of rotatable bonds is 6. The second-order valence-corrected chi connectivity index (χ2v) is 10.3. The molecule has 6 heteroatoms. The van der Waals surface area contributed by atoms with Crippen molar-refractivity contribution >= 4 is 16.9 Å². The molecule has 1 aliphatic heterocycles. The summed E-state index contributed by atoms with van der Waals surface area (Å²) < 4.78 is 10.3. The van der Waals surface area contributed by atoms with Crippen molar-refractivity contribution in [2.45, 2.75) is 51.5 Å². The van der Waals surface area contributed by atoms with Crippen LogP contribution in [0.2, 0.25) is 0 Å². The molecule has 0 radical (unpaired) electrons. The molecule has 3 heterocycles. The van der Waals surface area contributed by atoms with E-state index in [4.69, 9.17) is 15.5 Å². The zero-order valence-electron chi connectivity index (χ0n) is 21.5. The molecular formula is C30H38N5O+. The number of aromatic nitrogens is 3. The number of nitrogens with one attached hydrogen (secondary N) is 1. The molecule has 188 valence electrons. The van der Waals surface area contributed by atoms with Crippen LogP contribution in [0.5, 0.6) is 5.75 Å². The van der Waals surface area contributed by atoms with Gasteiger partial charge in [-0.1, -0.05) is 35.8 Å². The van der Waals surface area contributed by atoms with Gasteiger partial charge in [-0.3, -0.25) is 0 Å².